The molecule has 0 aliphatic heterocycles. The Bertz CT molecular complexity index is 383. The second kappa shape index (κ2) is 7.78. The molecule has 19 heavy (non-hydrogen) atoms. The maximum absolute atomic E-state index is 12.6. The molecule has 0 bridgehead atoms. The van der Waals surface area contributed by atoms with Gasteiger partial charge in [-0.05, 0) is 30.6 Å². The Kier molecular flexibility index (Phi) is 7.49. The van der Waals surface area contributed by atoms with Gasteiger partial charge in [-0.15, -0.1) is 12.4 Å². The lowest BCUT2D eigenvalue weighted by Crippen LogP contribution is -2.36. The molecule has 1 aromatic rings. The number of benzene rings is 1. The van der Waals surface area contributed by atoms with Crippen molar-refractivity contribution in [2.24, 2.45) is 11.1 Å². The first-order chi connectivity index (χ1) is 8.34. The van der Waals surface area contributed by atoms with Gasteiger partial charge in [0.25, 0.3) is 6.43 Å². The maximum Gasteiger partial charge on any atom is 0.263 e. The Morgan fingerprint density at radius 2 is 1.95 bits per heavy atom. The minimum absolute atomic E-state index is 0. The van der Waals surface area contributed by atoms with Crippen molar-refractivity contribution in [1.82, 2.24) is 4.90 Å². The smallest absolute Gasteiger partial charge is 0.263 e. The molecule has 110 valence electrons. The van der Waals surface area contributed by atoms with E-state index in [1.165, 1.54) is 6.07 Å². The van der Waals surface area contributed by atoms with Gasteiger partial charge in [-0.1, -0.05) is 32.0 Å². The Labute approximate surface area is 120 Å². The molecule has 0 amide bonds. The molecule has 2 N–H and O–H groups in total. The van der Waals surface area contributed by atoms with E-state index in [-0.39, 0.29) is 23.4 Å². The van der Waals surface area contributed by atoms with Crippen molar-refractivity contribution < 1.29 is 8.78 Å². The summed E-state index contributed by atoms with van der Waals surface area (Å²) in [7, 11) is 1.98. The first-order valence-electron chi connectivity index (χ1n) is 6.10. The minimum Gasteiger partial charge on any atom is -0.330 e. The predicted octanol–water partition coefficient (Wildman–Crippen LogP) is 3.46. The lowest BCUT2D eigenvalue weighted by Gasteiger charge is -2.29. The molecule has 0 fully saturated rings. The van der Waals surface area contributed by atoms with E-state index in [9.17, 15) is 8.78 Å². The number of hydrogen-bond donors (Lipinski definition) is 1. The third-order valence-electron chi connectivity index (χ3n) is 2.91. The van der Waals surface area contributed by atoms with E-state index in [2.05, 4.69) is 18.7 Å². The normalized spacial score (nSPS) is 11.8. The van der Waals surface area contributed by atoms with Crippen LogP contribution < -0.4 is 5.73 Å². The molecule has 0 aliphatic carbocycles. The zero-order chi connectivity index (χ0) is 13.8. The molecule has 0 aromatic heterocycles. The molecule has 0 aliphatic rings. The number of nitrogens with zero attached hydrogens (tertiary/aromatic N) is 1. The van der Waals surface area contributed by atoms with Gasteiger partial charge in [-0.3, -0.25) is 0 Å². The van der Waals surface area contributed by atoms with Crippen LogP contribution in [0.1, 0.15) is 31.4 Å². The van der Waals surface area contributed by atoms with Crippen LogP contribution in [0.2, 0.25) is 0 Å². The lowest BCUT2D eigenvalue weighted by atomic mass is 9.93. The summed E-state index contributed by atoms with van der Waals surface area (Å²) in [6, 6.07) is 6.57. The van der Waals surface area contributed by atoms with Gasteiger partial charge in [-0.25, -0.2) is 8.78 Å². The van der Waals surface area contributed by atoms with Crippen LogP contribution in [0.15, 0.2) is 24.3 Å². The summed E-state index contributed by atoms with van der Waals surface area (Å²) >= 11 is 0. The van der Waals surface area contributed by atoms with E-state index in [0.717, 1.165) is 12.1 Å². The van der Waals surface area contributed by atoms with Gasteiger partial charge in [0.05, 0.1) is 0 Å². The van der Waals surface area contributed by atoms with Crippen LogP contribution in [-0.4, -0.2) is 25.0 Å². The third-order valence-corrected chi connectivity index (χ3v) is 2.91. The number of rotatable bonds is 6. The highest BCUT2D eigenvalue weighted by Gasteiger charge is 2.18. The Morgan fingerprint density at radius 3 is 2.47 bits per heavy atom. The van der Waals surface area contributed by atoms with Crippen molar-refractivity contribution in [1.29, 1.82) is 0 Å². The highest BCUT2D eigenvalue weighted by atomic mass is 35.5. The number of alkyl halides is 2. The van der Waals surface area contributed by atoms with Gasteiger partial charge < -0.3 is 10.6 Å². The Balaban J connectivity index is 0.00000324. The molecule has 0 spiro atoms. The van der Waals surface area contributed by atoms with Gasteiger partial charge in [0.2, 0.25) is 0 Å². The van der Waals surface area contributed by atoms with Crippen LogP contribution >= 0.6 is 12.4 Å². The fourth-order valence-corrected chi connectivity index (χ4v) is 1.99. The molecule has 0 radical (unpaired) electrons. The predicted molar refractivity (Wildman–Crippen MR) is 77.8 cm³/mol. The summed E-state index contributed by atoms with van der Waals surface area (Å²) in [6.07, 6.45) is -2.41. The topological polar surface area (TPSA) is 29.3 Å². The van der Waals surface area contributed by atoms with E-state index < -0.39 is 6.43 Å². The van der Waals surface area contributed by atoms with Crippen LogP contribution in [0.25, 0.3) is 0 Å². The fourth-order valence-electron chi connectivity index (χ4n) is 1.99. The van der Waals surface area contributed by atoms with Crippen LogP contribution in [0.5, 0.6) is 0 Å². The summed E-state index contributed by atoms with van der Waals surface area (Å²) in [5.41, 5.74) is 6.71. The van der Waals surface area contributed by atoms with Crippen LogP contribution in [0, 0.1) is 5.41 Å². The average Bonchev–Trinajstić information content (AvgIpc) is 2.28. The summed E-state index contributed by atoms with van der Waals surface area (Å²) in [5, 5.41) is 0. The third kappa shape index (κ3) is 6.32. The van der Waals surface area contributed by atoms with Gasteiger partial charge in [0.1, 0.15) is 0 Å². The van der Waals surface area contributed by atoms with Crippen molar-refractivity contribution >= 4 is 12.4 Å². The van der Waals surface area contributed by atoms with Crippen LogP contribution in [0.4, 0.5) is 8.78 Å². The van der Waals surface area contributed by atoms with E-state index in [4.69, 9.17) is 5.73 Å². The highest BCUT2D eigenvalue weighted by Crippen LogP contribution is 2.21. The standard InChI is InChI=1S/C14H22F2N2.ClH/c1-14(2,9-17)10-18(3)8-11-5-4-6-12(7-11)13(15)16;/h4-7,13H,8-10,17H2,1-3H3;1H. The molecular formula is C14H23ClF2N2. The lowest BCUT2D eigenvalue weighted by molar-refractivity contribution is 0.151. The first-order valence-corrected chi connectivity index (χ1v) is 6.10. The van der Waals surface area contributed by atoms with Crippen LogP contribution in [-0.2, 0) is 6.54 Å². The number of hydrogen-bond acceptors (Lipinski definition) is 2. The zero-order valence-corrected chi connectivity index (χ0v) is 12.5. The Morgan fingerprint density at radius 1 is 1.32 bits per heavy atom. The minimum atomic E-state index is -2.41. The van der Waals surface area contributed by atoms with E-state index in [1.54, 1.807) is 12.1 Å². The van der Waals surface area contributed by atoms with Crippen molar-refractivity contribution in [2.75, 3.05) is 20.1 Å². The summed E-state index contributed by atoms with van der Waals surface area (Å²) in [4.78, 5) is 2.11. The molecule has 0 atom stereocenters. The maximum atomic E-state index is 12.6. The van der Waals surface area contributed by atoms with Gasteiger partial charge >= 0.3 is 0 Å². The van der Waals surface area contributed by atoms with Gasteiger partial charge in [-0.2, -0.15) is 0 Å². The monoisotopic (exact) mass is 292 g/mol. The molecule has 1 aromatic carbocycles. The van der Waals surface area contributed by atoms with Crippen LogP contribution in [0.3, 0.4) is 0 Å². The van der Waals surface area contributed by atoms with Crippen molar-refractivity contribution in [3.8, 4) is 0 Å². The highest BCUT2D eigenvalue weighted by molar-refractivity contribution is 5.85. The SMILES string of the molecule is CN(Cc1cccc(C(F)F)c1)CC(C)(C)CN.Cl. The van der Waals surface area contributed by atoms with Gasteiger partial charge in [0, 0.05) is 18.7 Å². The van der Waals surface area contributed by atoms with E-state index in [0.29, 0.717) is 13.1 Å². The van der Waals surface area contributed by atoms with Crippen molar-refractivity contribution in [2.45, 2.75) is 26.8 Å². The van der Waals surface area contributed by atoms with E-state index in [1.807, 2.05) is 13.1 Å². The van der Waals surface area contributed by atoms with Crippen molar-refractivity contribution in [3.05, 3.63) is 35.4 Å². The summed E-state index contributed by atoms with van der Waals surface area (Å²) in [5.74, 6) is 0. The Hall–Kier alpha value is -0.710. The summed E-state index contributed by atoms with van der Waals surface area (Å²) in [6.45, 7) is 6.29. The van der Waals surface area contributed by atoms with Crippen molar-refractivity contribution in [3.63, 3.8) is 0 Å². The first kappa shape index (κ1) is 18.3. The van der Waals surface area contributed by atoms with Gasteiger partial charge in [0.15, 0.2) is 0 Å². The summed E-state index contributed by atoms with van der Waals surface area (Å²) < 4.78 is 25.2. The molecule has 0 heterocycles. The molecule has 1 rings (SSSR count). The molecule has 5 heteroatoms. The number of nitrogens with two attached hydrogens (primary N) is 1. The molecule has 2 nitrogen and oxygen atoms in total. The average molecular weight is 293 g/mol. The zero-order valence-electron chi connectivity index (χ0n) is 11.7. The molecule has 0 unspecified atom stereocenters. The second-order valence-electron chi connectivity index (χ2n) is 5.59. The number of halogens is 3. The quantitative estimate of drug-likeness (QED) is 0.870. The largest absolute Gasteiger partial charge is 0.330 e. The fraction of sp³-hybridized carbons (Fsp3) is 0.571. The molecule has 0 saturated carbocycles. The van der Waals surface area contributed by atoms with E-state index >= 15 is 0 Å². The second-order valence-corrected chi connectivity index (χ2v) is 5.59. The molecular weight excluding hydrogens is 270 g/mol. The molecule has 0 saturated heterocycles.